The van der Waals surface area contributed by atoms with Crippen LogP contribution in [0, 0.1) is 5.92 Å². The van der Waals surface area contributed by atoms with E-state index in [9.17, 15) is 9.59 Å². The predicted octanol–water partition coefficient (Wildman–Crippen LogP) is 2.72. The molecule has 3 saturated heterocycles. The molecule has 3 aliphatic heterocycles. The molecule has 3 fully saturated rings. The second kappa shape index (κ2) is 8.95. The first-order valence-electron chi connectivity index (χ1n) is 10.6. The van der Waals surface area contributed by atoms with Crippen LogP contribution in [0.2, 0.25) is 0 Å². The van der Waals surface area contributed by atoms with Gasteiger partial charge in [0.1, 0.15) is 11.9 Å². The van der Waals surface area contributed by atoms with E-state index in [1.165, 1.54) is 0 Å². The standard InChI is InChI=1S/C22H30N2O4/c25-21(23-11-1-2-12-23)18-7-9-19(10-8-18)28-16-17-5-3-13-24(15-17)22(26)20-6-4-14-27-20/h7-10,17,20H,1-6,11-16H2/t17-,20-/m1/s1. The van der Waals surface area contributed by atoms with Gasteiger partial charge in [0.05, 0.1) is 6.61 Å². The quantitative estimate of drug-likeness (QED) is 0.781. The Bertz CT molecular complexity index is 678. The molecule has 4 rings (SSSR count). The highest BCUT2D eigenvalue weighted by Crippen LogP contribution is 2.23. The molecule has 3 aliphatic rings. The Morgan fingerprint density at radius 1 is 0.964 bits per heavy atom. The van der Waals surface area contributed by atoms with Gasteiger partial charge in [0.2, 0.25) is 0 Å². The summed E-state index contributed by atoms with van der Waals surface area (Å²) in [6, 6.07) is 7.46. The van der Waals surface area contributed by atoms with Crippen molar-refractivity contribution in [2.45, 2.75) is 44.6 Å². The smallest absolute Gasteiger partial charge is 0.253 e. The van der Waals surface area contributed by atoms with Gasteiger partial charge in [0.25, 0.3) is 11.8 Å². The number of carbonyl (C=O) groups excluding carboxylic acids is 2. The van der Waals surface area contributed by atoms with E-state index >= 15 is 0 Å². The van der Waals surface area contributed by atoms with Crippen molar-refractivity contribution in [3.63, 3.8) is 0 Å². The molecule has 3 heterocycles. The number of benzene rings is 1. The highest BCUT2D eigenvalue weighted by Gasteiger charge is 2.31. The van der Waals surface area contributed by atoms with Gasteiger partial charge in [-0.05, 0) is 62.8 Å². The van der Waals surface area contributed by atoms with Crippen molar-refractivity contribution < 1.29 is 19.1 Å². The summed E-state index contributed by atoms with van der Waals surface area (Å²) in [6.07, 6.45) is 5.87. The molecule has 152 valence electrons. The Hall–Kier alpha value is -2.08. The lowest BCUT2D eigenvalue weighted by Crippen LogP contribution is -2.45. The Labute approximate surface area is 166 Å². The van der Waals surface area contributed by atoms with Crippen LogP contribution in [0.25, 0.3) is 0 Å². The van der Waals surface area contributed by atoms with Crippen molar-refractivity contribution in [1.82, 2.24) is 9.80 Å². The number of carbonyl (C=O) groups is 2. The molecule has 0 aliphatic carbocycles. The number of hydrogen-bond acceptors (Lipinski definition) is 4. The molecule has 6 heteroatoms. The summed E-state index contributed by atoms with van der Waals surface area (Å²) >= 11 is 0. The van der Waals surface area contributed by atoms with Gasteiger partial charge < -0.3 is 19.3 Å². The van der Waals surface area contributed by atoms with Crippen molar-refractivity contribution in [1.29, 1.82) is 0 Å². The maximum atomic E-state index is 12.6. The summed E-state index contributed by atoms with van der Waals surface area (Å²) < 4.78 is 11.5. The van der Waals surface area contributed by atoms with Gasteiger partial charge in [-0.3, -0.25) is 9.59 Å². The van der Waals surface area contributed by atoms with Crippen LogP contribution in [0.4, 0.5) is 0 Å². The zero-order valence-electron chi connectivity index (χ0n) is 16.5. The van der Waals surface area contributed by atoms with Gasteiger partial charge in [0, 0.05) is 44.3 Å². The minimum Gasteiger partial charge on any atom is -0.493 e. The molecule has 6 nitrogen and oxygen atoms in total. The molecule has 28 heavy (non-hydrogen) atoms. The van der Waals surface area contributed by atoms with Crippen molar-refractivity contribution in [3.8, 4) is 5.75 Å². The van der Waals surface area contributed by atoms with Crippen molar-refractivity contribution in [2.24, 2.45) is 5.92 Å². The van der Waals surface area contributed by atoms with Crippen LogP contribution < -0.4 is 4.74 Å². The highest BCUT2D eigenvalue weighted by molar-refractivity contribution is 5.94. The van der Waals surface area contributed by atoms with Gasteiger partial charge >= 0.3 is 0 Å². The molecule has 0 saturated carbocycles. The summed E-state index contributed by atoms with van der Waals surface area (Å²) in [7, 11) is 0. The topological polar surface area (TPSA) is 59.1 Å². The van der Waals surface area contributed by atoms with E-state index in [0.29, 0.717) is 19.1 Å². The Kier molecular flexibility index (Phi) is 6.15. The first-order chi connectivity index (χ1) is 13.7. The first-order valence-corrected chi connectivity index (χ1v) is 10.6. The van der Waals surface area contributed by atoms with Crippen LogP contribution in [0.15, 0.2) is 24.3 Å². The third-order valence-corrected chi connectivity index (χ3v) is 6.02. The lowest BCUT2D eigenvalue weighted by atomic mass is 9.98. The molecule has 0 bridgehead atoms. The number of likely N-dealkylation sites (tertiary alicyclic amines) is 2. The fourth-order valence-electron chi connectivity index (χ4n) is 4.39. The second-order valence-electron chi connectivity index (χ2n) is 8.13. The molecule has 1 aromatic rings. The Morgan fingerprint density at radius 3 is 2.43 bits per heavy atom. The molecule has 1 aromatic carbocycles. The van der Waals surface area contributed by atoms with Crippen LogP contribution in [0.5, 0.6) is 5.75 Å². The molecular weight excluding hydrogens is 356 g/mol. The van der Waals surface area contributed by atoms with E-state index < -0.39 is 0 Å². The van der Waals surface area contributed by atoms with E-state index in [0.717, 1.165) is 76.0 Å². The third-order valence-electron chi connectivity index (χ3n) is 6.02. The van der Waals surface area contributed by atoms with Crippen LogP contribution in [-0.4, -0.2) is 67.1 Å². The molecule has 0 aromatic heterocycles. The minimum atomic E-state index is -0.236. The summed E-state index contributed by atoms with van der Waals surface area (Å²) in [6.45, 7) is 4.58. The van der Waals surface area contributed by atoms with Crippen LogP contribution in [-0.2, 0) is 9.53 Å². The van der Waals surface area contributed by atoms with Crippen molar-refractivity contribution >= 4 is 11.8 Å². The minimum absolute atomic E-state index is 0.111. The van der Waals surface area contributed by atoms with Gasteiger partial charge in [-0.15, -0.1) is 0 Å². The average Bonchev–Trinajstić information content (AvgIpc) is 3.46. The fourth-order valence-corrected chi connectivity index (χ4v) is 4.39. The highest BCUT2D eigenvalue weighted by atomic mass is 16.5. The average molecular weight is 386 g/mol. The van der Waals surface area contributed by atoms with Gasteiger partial charge in [-0.25, -0.2) is 0 Å². The fraction of sp³-hybridized carbons (Fsp3) is 0.636. The first kappa shape index (κ1) is 19.2. The molecule has 0 unspecified atom stereocenters. The second-order valence-corrected chi connectivity index (χ2v) is 8.13. The number of rotatable bonds is 5. The molecule has 0 radical (unpaired) electrons. The van der Waals surface area contributed by atoms with E-state index in [2.05, 4.69) is 0 Å². The number of amides is 2. The molecule has 2 amide bonds. The Balaban J connectivity index is 1.26. The largest absolute Gasteiger partial charge is 0.493 e. The maximum absolute atomic E-state index is 12.6. The number of ether oxygens (including phenoxy) is 2. The zero-order valence-corrected chi connectivity index (χ0v) is 16.5. The monoisotopic (exact) mass is 386 g/mol. The number of nitrogens with zero attached hydrogens (tertiary/aromatic N) is 2. The lowest BCUT2D eigenvalue weighted by Gasteiger charge is -2.34. The SMILES string of the molecule is O=C(c1ccc(OC[C@@H]2CCCN(C(=O)[C@H]3CCCO3)C2)cc1)N1CCCC1. The van der Waals surface area contributed by atoms with Crippen LogP contribution >= 0.6 is 0 Å². The van der Waals surface area contributed by atoms with Gasteiger partial charge in [0.15, 0.2) is 0 Å². The van der Waals surface area contributed by atoms with E-state index in [4.69, 9.17) is 9.47 Å². The van der Waals surface area contributed by atoms with Crippen LogP contribution in [0.1, 0.15) is 48.9 Å². The molecule has 2 atom stereocenters. The third kappa shape index (κ3) is 4.49. The molecule has 0 spiro atoms. The van der Waals surface area contributed by atoms with Crippen molar-refractivity contribution in [3.05, 3.63) is 29.8 Å². The zero-order chi connectivity index (χ0) is 19.3. The van der Waals surface area contributed by atoms with Crippen LogP contribution in [0.3, 0.4) is 0 Å². The summed E-state index contributed by atoms with van der Waals surface area (Å²) in [4.78, 5) is 28.8. The molecule has 0 N–H and O–H groups in total. The summed E-state index contributed by atoms with van der Waals surface area (Å²) in [5.41, 5.74) is 0.722. The number of hydrogen-bond donors (Lipinski definition) is 0. The summed E-state index contributed by atoms with van der Waals surface area (Å²) in [5, 5.41) is 0. The van der Waals surface area contributed by atoms with Gasteiger partial charge in [-0.2, -0.15) is 0 Å². The lowest BCUT2D eigenvalue weighted by molar-refractivity contribution is -0.143. The molecular formula is C22H30N2O4. The predicted molar refractivity (Wildman–Crippen MR) is 105 cm³/mol. The van der Waals surface area contributed by atoms with Gasteiger partial charge in [-0.1, -0.05) is 0 Å². The number of piperidine rings is 1. The Morgan fingerprint density at radius 2 is 1.71 bits per heavy atom. The van der Waals surface area contributed by atoms with E-state index in [-0.39, 0.29) is 17.9 Å². The van der Waals surface area contributed by atoms with E-state index in [1.54, 1.807) is 0 Å². The maximum Gasteiger partial charge on any atom is 0.253 e. The van der Waals surface area contributed by atoms with E-state index in [1.807, 2.05) is 34.1 Å². The van der Waals surface area contributed by atoms with Crippen molar-refractivity contribution in [2.75, 3.05) is 39.4 Å². The summed E-state index contributed by atoms with van der Waals surface area (Å²) in [5.74, 6) is 1.37. The normalized spacial score (nSPS) is 25.1.